The number of likely N-dealkylation sites (N-methyl/N-ethyl adjacent to an activating group) is 1. The fourth-order valence-corrected chi connectivity index (χ4v) is 11.0. The molecule has 4 aliphatic carbocycles. The molecule has 0 bridgehead atoms. The molecule has 2 heterocycles. The smallest absolute Gasteiger partial charge is 0.243 e. The molecule has 7 heteroatoms. The summed E-state index contributed by atoms with van der Waals surface area (Å²) in [7, 11) is 0. The Balaban J connectivity index is 1.17. The first kappa shape index (κ1) is 24.1. The van der Waals surface area contributed by atoms with Gasteiger partial charge in [0.1, 0.15) is 21.0 Å². The molecule has 1 N–H and O–H groups in total. The monoisotopic (exact) mass is 502 g/mol. The second kappa shape index (κ2) is 7.88. The third kappa shape index (κ3) is 3.53. The highest BCUT2D eigenvalue weighted by Gasteiger charge is 3.02. The minimum absolute atomic E-state index is 0.0174. The number of hydrogen-bond acceptors (Lipinski definition) is 3. The van der Waals surface area contributed by atoms with E-state index in [0.29, 0.717) is 38.0 Å². The number of likely N-dealkylation sites (tertiary alicyclic amines) is 2. The predicted octanol–water partition coefficient (Wildman–Crippen LogP) is 2.91. The number of hydrogen-bond donors (Lipinski definition) is 1. The summed E-state index contributed by atoms with van der Waals surface area (Å²) in [5, 5.41) is 3.01. The fraction of sp³-hybridized carbons (Fsp3) is 0.893. The van der Waals surface area contributed by atoms with E-state index in [4.69, 9.17) is 0 Å². The summed E-state index contributed by atoms with van der Waals surface area (Å²) in [5.74, 6) is 2.12. The minimum Gasteiger partial charge on any atom is -0.355 e. The van der Waals surface area contributed by atoms with E-state index >= 15 is 0 Å². The summed E-state index contributed by atoms with van der Waals surface area (Å²) in [6.45, 7) is 11.4. The third-order valence-corrected chi connectivity index (χ3v) is 12.1. The summed E-state index contributed by atoms with van der Waals surface area (Å²) in [6.07, 6.45) is 9.54. The van der Waals surface area contributed by atoms with Gasteiger partial charge < -0.3 is 15.1 Å². The molecule has 0 aromatic rings. The number of carbonyl (C=O) groups is 3. The van der Waals surface area contributed by atoms with Crippen molar-refractivity contribution in [1.82, 2.24) is 15.1 Å². The molecule has 6 rings (SSSR count). The van der Waals surface area contributed by atoms with Gasteiger partial charge in [0.05, 0.1) is 5.41 Å². The Hall–Kier alpha value is -1.24. The number of amides is 3. The van der Waals surface area contributed by atoms with Gasteiger partial charge in [-0.3, -0.25) is 14.4 Å². The van der Waals surface area contributed by atoms with Crippen LogP contribution in [0.3, 0.4) is 0 Å². The quantitative estimate of drug-likeness (QED) is 0.430. The van der Waals surface area contributed by atoms with Crippen molar-refractivity contribution in [3.8, 4) is 0 Å². The highest BCUT2D eigenvalue weighted by Crippen LogP contribution is 2.90. The van der Waals surface area contributed by atoms with Crippen molar-refractivity contribution < 1.29 is 14.4 Å². The van der Waals surface area contributed by atoms with Crippen molar-refractivity contribution in [2.24, 2.45) is 28.6 Å². The van der Waals surface area contributed by atoms with Crippen LogP contribution in [0.2, 0.25) is 0 Å². The zero-order chi connectivity index (χ0) is 24.8. The Morgan fingerprint density at radius 1 is 1.11 bits per heavy atom. The Labute approximate surface area is 214 Å². The average Bonchev–Trinajstić information content (AvgIpc) is 3.64. The fourth-order valence-electron chi connectivity index (χ4n) is 8.49. The lowest BCUT2D eigenvalue weighted by atomic mass is 9.85. The lowest BCUT2D eigenvalue weighted by molar-refractivity contribution is -0.144. The van der Waals surface area contributed by atoms with Gasteiger partial charge in [0, 0.05) is 38.5 Å². The lowest BCUT2D eigenvalue weighted by Gasteiger charge is -2.33. The molecule has 35 heavy (non-hydrogen) atoms. The summed E-state index contributed by atoms with van der Waals surface area (Å²) in [6, 6.07) is -0.336. The van der Waals surface area contributed by atoms with Gasteiger partial charge in [0.2, 0.25) is 17.7 Å². The molecule has 0 aromatic carbocycles. The standard InChI is InChI=1S/C28H43N3O3S/c1-5-29-22(32)20(18-8-6-7-9-18)31-15-13-26(23(31)33)12-14-30(17-26)24(34)27-16-28(27,35-25(2,3)4)21(27)19-10-11-19/h18-21H,5-17H2,1-4H3,(H,29,32)/p+1/t20-,21+,26-,27?,28?/m0/s1. The summed E-state index contributed by atoms with van der Waals surface area (Å²) in [4.78, 5) is 45.0. The van der Waals surface area contributed by atoms with Gasteiger partial charge >= 0.3 is 0 Å². The second-order valence-corrected chi connectivity index (χ2v) is 15.9. The maximum absolute atomic E-state index is 14.0. The van der Waals surface area contributed by atoms with E-state index in [-0.39, 0.29) is 38.7 Å². The zero-order valence-corrected chi connectivity index (χ0v) is 23.0. The number of thiol groups is 1. The molecule has 0 radical (unpaired) electrons. The molecule has 194 valence electrons. The maximum Gasteiger partial charge on any atom is 0.243 e. The SMILES string of the molecule is CCNC(=O)[C@H](C1CCCC1)N1CC[C@]2(CCN(C(=O)C34CC3([SH+]C(C)(C)C)[C@@H]4C3CC3)C2)C1=O. The number of rotatable bonds is 7. The van der Waals surface area contributed by atoms with Crippen molar-refractivity contribution >= 4 is 29.5 Å². The minimum atomic E-state index is -0.473. The van der Waals surface area contributed by atoms with Gasteiger partial charge in [0.25, 0.3) is 0 Å². The number of carbonyl (C=O) groups excluding carboxylic acids is 3. The van der Waals surface area contributed by atoms with Gasteiger partial charge in [-0.25, -0.2) is 0 Å². The van der Waals surface area contributed by atoms with Crippen molar-refractivity contribution in [3.63, 3.8) is 0 Å². The van der Waals surface area contributed by atoms with Gasteiger partial charge in [-0.2, -0.15) is 0 Å². The molecule has 6 nitrogen and oxygen atoms in total. The molecule has 4 saturated carbocycles. The molecule has 6 fully saturated rings. The van der Waals surface area contributed by atoms with E-state index in [1.165, 1.54) is 24.6 Å². The van der Waals surface area contributed by atoms with Crippen molar-refractivity contribution in [2.75, 3.05) is 26.2 Å². The highest BCUT2D eigenvalue weighted by atomic mass is 32.2. The highest BCUT2D eigenvalue weighted by molar-refractivity contribution is 7.82. The molecular weight excluding hydrogens is 458 g/mol. The van der Waals surface area contributed by atoms with E-state index in [9.17, 15) is 14.4 Å². The zero-order valence-electron chi connectivity index (χ0n) is 22.1. The predicted molar refractivity (Wildman–Crippen MR) is 139 cm³/mol. The largest absolute Gasteiger partial charge is 0.355 e. The van der Waals surface area contributed by atoms with E-state index in [0.717, 1.165) is 50.9 Å². The number of nitrogens with zero attached hydrogens (tertiary/aromatic N) is 2. The van der Waals surface area contributed by atoms with Crippen LogP contribution in [0, 0.1) is 28.6 Å². The molecule has 2 aliphatic heterocycles. The van der Waals surface area contributed by atoms with E-state index in [1.54, 1.807) is 0 Å². The molecule has 3 amide bonds. The average molecular weight is 503 g/mol. The number of fused-ring (bicyclic) bond motifs is 1. The normalized spacial score (nSPS) is 39.3. The van der Waals surface area contributed by atoms with Gasteiger partial charge in [-0.15, -0.1) is 0 Å². The van der Waals surface area contributed by atoms with Crippen LogP contribution >= 0.6 is 0 Å². The van der Waals surface area contributed by atoms with Crippen molar-refractivity contribution in [2.45, 2.75) is 101 Å². The first-order valence-electron chi connectivity index (χ1n) is 14.2. The maximum atomic E-state index is 14.0. The van der Waals surface area contributed by atoms with Crippen LogP contribution in [0.4, 0.5) is 0 Å². The summed E-state index contributed by atoms with van der Waals surface area (Å²) < 4.78 is 0.435. The van der Waals surface area contributed by atoms with Crippen LogP contribution in [0.1, 0.15) is 85.5 Å². The Kier molecular flexibility index (Phi) is 5.43. The number of nitrogens with one attached hydrogen (secondary N) is 1. The van der Waals surface area contributed by atoms with E-state index < -0.39 is 5.41 Å². The van der Waals surface area contributed by atoms with Gasteiger partial charge in [-0.05, 0) is 89.8 Å². The third-order valence-electron chi connectivity index (χ3n) is 10.2. The first-order valence-corrected chi connectivity index (χ1v) is 15.1. The van der Waals surface area contributed by atoms with Crippen LogP contribution in [0.5, 0.6) is 0 Å². The molecule has 2 unspecified atom stereocenters. The summed E-state index contributed by atoms with van der Waals surface area (Å²) in [5.41, 5.74) is -0.595. The molecular formula is C28H44N3O3S+. The molecule has 5 atom stereocenters. The van der Waals surface area contributed by atoms with Crippen LogP contribution in [0.15, 0.2) is 0 Å². The van der Waals surface area contributed by atoms with E-state index in [1.807, 2.05) is 11.8 Å². The van der Waals surface area contributed by atoms with Crippen LogP contribution in [-0.4, -0.2) is 69.2 Å². The Bertz CT molecular complexity index is 938. The second-order valence-electron chi connectivity index (χ2n) is 13.6. The van der Waals surface area contributed by atoms with E-state index in [2.05, 4.69) is 31.0 Å². The molecule has 6 aliphatic rings. The summed E-state index contributed by atoms with van der Waals surface area (Å²) >= 11 is 1.45. The Morgan fingerprint density at radius 3 is 2.43 bits per heavy atom. The molecule has 1 spiro atoms. The van der Waals surface area contributed by atoms with Gasteiger partial charge in [0.15, 0.2) is 0 Å². The van der Waals surface area contributed by atoms with Crippen molar-refractivity contribution in [1.29, 1.82) is 0 Å². The van der Waals surface area contributed by atoms with Crippen LogP contribution in [-0.2, 0) is 26.1 Å². The first-order chi connectivity index (χ1) is 16.6. The molecule has 2 saturated heterocycles. The van der Waals surface area contributed by atoms with Crippen LogP contribution in [0.25, 0.3) is 0 Å². The van der Waals surface area contributed by atoms with Crippen molar-refractivity contribution in [3.05, 3.63) is 0 Å². The lowest BCUT2D eigenvalue weighted by Crippen LogP contribution is -2.53. The van der Waals surface area contributed by atoms with Crippen LogP contribution < -0.4 is 5.32 Å². The Morgan fingerprint density at radius 2 is 1.80 bits per heavy atom. The topological polar surface area (TPSA) is 69.7 Å². The van der Waals surface area contributed by atoms with Gasteiger partial charge in [-0.1, -0.05) is 12.8 Å². The molecule has 0 aromatic heterocycles.